The fourth-order valence-corrected chi connectivity index (χ4v) is 4.81. The van der Waals surface area contributed by atoms with Gasteiger partial charge in [0.15, 0.2) is 0 Å². The second-order valence-electron chi connectivity index (χ2n) is 6.06. The van der Waals surface area contributed by atoms with Crippen LogP contribution in [0.25, 0.3) is 0 Å². The molecule has 2 saturated heterocycles. The molecule has 4 rings (SSSR count). The van der Waals surface area contributed by atoms with Gasteiger partial charge < -0.3 is 9.64 Å². The number of hydrogen-bond donors (Lipinski definition) is 0. The number of rotatable bonds is 1. The smallest absolute Gasteiger partial charge is 0.232 e. The number of benzene rings is 1. The molecule has 1 aromatic rings. The predicted molar refractivity (Wildman–Crippen MR) is 80.1 cm³/mol. The van der Waals surface area contributed by atoms with E-state index in [1.54, 1.807) is 0 Å². The molecule has 20 heavy (non-hydrogen) atoms. The van der Waals surface area contributed by atoms with Gasteiger partial charge in [0.05, 0.1) is 23.8 Å². The van der Waals surface area contributed by atoms with E-state index in [9.17, 15) is 4.79 Å². The van der Waals surface area contributed by atoms with Gasteiger partial charge in [0.25, 0.3) is 0 Å². The molecule has 106 valence electrons. The summed E-state index contributed by atoms with van der Waals surface area (Å²) in [6.45, 7) is 3.01. The van der Waals surface area contributed by atoms with Gasteiger partial charge in [-0.3, -0.25) is 4.79 Å². The maximum atomic E-state index is 12.9. The second-order valence-corrected chi connectivity index (χ2v) is 7.54. The van der Waals surface area contributed by atoms with Crippen LogP contribution in [0.3, 0.4) is 0 Å². The summed E-state index contributed by atoms with van der Waals surface area (Å²) in [6, 6.07) is 8.26. The van der Waals surface area contributed by atoms with Crippen LogP contribution in [-0.4, -0.2) is 29.9 Å². The number of ether oxygens (including phenoxy) is 1. The number of carbonyl (C=O) groups is 1. The molecule has 0 spiro atoms. The molecule has 4 unspecified atom stereocenters. The molecule has 0 aliphatic carbocycles. The van der Waals surface area contributed by atoms with Crippen molar-refractivity contribution in [2.24, 2.45) is 5.92 Å². The number of para-hydroxylation sites is 1. The summed E-state index contributed by atoms with van der Waals surface area (Å²) in [5.41, 5.74) is 1.09. The van der Waals surface area contributed by atoms with Crippen molar-refractivity contribution in [3.63, 3.8) is 0 Å². The number of hydrogen-bond acceptors (Lipinski definition) is 3. The molecular weight excluding hydrogens is 270 g/mol. The van der Waals surface area contributed by atoms with Crippen LogP contribution in [0.4, 0.5) is 5.69 Å². The summed E-state index contributed by atoms with van der Waals surface area (Å²) in [4.78, 5) is 16.2. The molecule has 0 radical (unpaired) electrons. The van der Waals surface area contributed by atoms with Gasteiger partial charge in [-0.2, -0.15) is 0 Å². The standard InChI is InChI=1S/C16H19NO2S/c1-10-9-17(13-4-2-3-5-15(13)20-10)16(18)12-8-11-6-7-14(12)19-11/h2-5,10-12,14H,6-9H2,1H3. The van der Waals surface area contributed by atoms with E-state index in [2.05, 4.69) is 19.1 Å². The second kappa shape index (κ2) is 4.78. The Morgan fingerprint density at radius 2 is 2.20 bits per heavy atom. The molecule has 0 aromatic heterocycles. The van der Waals surface area contributed by atoms with Gasteiger partial charge >= 0.3 is 0 Å². The van der Waals surface area contributed by atoms with Gasteiger partial charge in [-0.1, -0.05) is 19.1 Å². The SMILES string of the molecule is CC1CN(C(=O)C2CC3CCC2O3)c2ccccc2S1. The van der Waals surface area contributed by atoms with Crippen molar-refractivity contribution in [1.29, 1.82) is 0 Å². The third kappa shape index (κ3) is 1.97. The number of thioether (sulfide) groups is 1. The predicted octanol–water partition coefficient (Wildman–Crippen LogP) is 3.08. The highest BCUT2D eigenvalue weighted by Gasteiger charge is 2.46. The highest BCUT2D eigenvalue weighted by atomic mass is 32.2. The largest absolute Gasteiger partial charge is 0.374 e. The molecule has 2 fully saturated rings. The molecule has 2 bridgehead atoms. The van der Waals surface area contributed by atoms with E-state index < -0.39 is 0 Å². The van der Waals surface area contributed by atoms with Gasteiger partial charge in [-0.15, -0.1) is 11.8 Å². The van der Waals surface area contributed by atoms with E-state index in [1.165, 1.54) is 4.90 Å². The summed E-state index contributed by atoms with van der Waals surface area (Å²) in [5, 5.41) is 0.452. The zero-order valence-corrected chi connectivity index (χ0v) is 12.4. The lowest BCUT2D eigenvalue weighted by Crippen LogP contribution is -2.44. The summed E-state index contributed by atoms with van der Waals surface area (Å²) in [6.07, 6.45) is 3.62. The van der Waals surface area contributed by atoms with E-state index in [1.807, 2.05) is 28.8 Å². The Balaban J connectivity index is 1.63. The monoisotopic (exact) mass is 289 g/mol. The fraction of sp³-hybridized carbons (Fsp3) is 0.562. The van der Waals surface area contributed by atoms with E-state index in [0.29, 0.717) is 11.4 Å². The highest BCUT2D eigenvalue weighted by molar-refractivity contribution is 8.00. The van der Waals surface area contributed by atoms with Gasteiger partial charge in [0.1, 0.15) is 0 Å². The van der Waals surface area contributed by atoms with Gasteiger partial charge in [0.2, 0.25) is 5.91 Å². The number of fused-ring (bicyclic) bond motifs is 3. The quantitative estimate of drug-likeness (QED) is 0.795. The number of amides is 1. The van der Waals surface area contributed by atoms with Crippen LogP contribution < -0.4 is 4.90 Å². The molecule has 0 N–H and O–H groups in total. The molecule has 3 aliphatic heterocycles. The van der Waals surface area contributed by atoms with Crippen molar-refractivity contribution in [1.82, 2.24) is 0 Å². The minimum absolute atomic E-state index is 0.0807. The molecular formula is C16H19NO2S. The van der Waals surface area contributed by atoms with E-state index in [0.717, 1.165) is 31.5 Å². The van der Waals surface area contributed by atoms with Crippen LogP contribution in [0.2, 0.25) is 0 Å². The third-order valence-electron chi connectivity index (χ3n) is 4.61. The first-order valence-electron chi connectivity index (χ1n) is 7.45. The Kier molecular flexibility index (Phi) is 3.04. The Labute approximate surface area is 123 Å². The highest BCUT2D eigenvalue weighted by Crippen LogP contribution is 2.43. The zero-order chi connectivity index (χ0) is 13.7. The van der Waals surface area contributed by atoms with Crippen LogP contribution in [0.1, 0.15) is 26.2 Å². The maximum absolute atomic E-state index is 12.9. The molecule has 3 aliphatic rings. The van der Waals surface area contributed by atoms with Crippen molar-refractivity contribution in [2.45, 2.75) is 48.5 Å². The molecule has 4 atom stereocenters. The third-order valence-corrected chi connectivity index (χ3v) is 5.76. The molecule has 1 amide bonds. The van der Waals surface area contributed by atoms with Crippen molar-refractivity contribution < 1.29 is 9.53 Å². The summed E-state index contributed by atoms with van der Waals surface area (Å²) >= 11 is 1.87. The van der Waals surface area contributed by atoms with E-state index >= 15 is 0 Å². The topological polar surface area (TPSA) is 29.5 Å². The first-order chi connectivity index (χ1) is 9.72. The molecule has 4 heteroatoms. The summed E-state index contributed by atoms with van der Waals surface area (Å²) in [5.74, 6) is 0.355. The lowest BCUT2D eigenvalue weighted by Gasteiger charge is -2.35. The Morgan fingerprint density at radius 3 is 2.95 bits per heavy atom. The number of anilines is 1. The van der Waals surface area contributed by atoms with Crippen molar-refractivity contribution >= 4 is 23.4 Å². The van der Waals surface area contributed by atoms with Crippen LogP contribution in [0.15, 0.2) is 29.2 Å². The van der Waals surface area contributed by atoms with Crippen LogP contribution in [-0.2, 0) is 9.53 Å². The fourth-order valence-electron chi connectivity index (χ4n) is 3.70. The lowest BCUT2D eigenvalue weighted by molar-refractivity contribution is -0.123. The summed E-state index contributed by atoms with van der Waals surface area (Å²) in [7, 11) is 0. The van der Waals surface area contributed by atoms with Crippen molar-refractivity contribution in [2.75, 3.05) is 11.4 Å². The van der Waals surface area contributed by atoms with E-state index in [-0.39, 0.29) is 17.9 Å². The van der Waals surface area contributed by atoms with E-state index in [4.69, 9.17) is 4.74 Å². The Morgan fingerprint density at radius 1 is 1.35 bits per heavy atom. The van der Waals surface area contributed by atoms with Gasteiger partial charge in [0, 0.05) is 16.7 Å². The van der Waals surface area contributed by atoms with Gasteiger partial charge in [-0.25, -0.2) is 0 Å². The summed E-state index contributed by atoms with van der Waals surface area (Å²) < 4.78 is 5.86. The lowest BCUT2D eigenvalue weighted by atomic mass is 9.88. The van der Waals surface area contributed by atoms with Crippen molar-refractivity contribution in [3.8, 4) is 0 Å². The minimum atomic E-state index is 0.0807. The maximum Gasteiger partial charge on any atom is 0.232 e. The van der Waals surface area contributed by atoms with Crippen LogP contribution >= 0.6 is 11.8 Å². The molecule has 3 nitrogen and oxygen atoms in total. The zero-order valence-electron chi connectivity index (χ0n) is 11.6. The Hall–Kier alpha value is -1.00. The normalized spacial score (nSPS) is 35.1. The Bertz CT molecular complexity index is 547. The molecule has 1 aromatic carbocycles. The van der Waals surface area contributed by atoms with Crippen molar-refractivity contribution in [3.05, 3.63) is 24.3 Å². The van der Waals surface area contributed by atoms with Gasteiger partial charge in [-0.05, 0) is 31.4 Å². The van der Waals surface area contributed by atoms with Crippen LogP contribution in [0, 0.1) is 5.92 Å². The average molecular weight is 289 g/mol. The van der Waals surface area contributed by atoms with Crippen LogP contribution in [0.5, 0.6) is 0 Å². The first kappa shape index (κ1) is 12.7. The molecule has 3 heterocycles. The molecule has 0 saturated carbocycles. The average Bonchev–Trinajstić information content (AvgIpc) is 3.08. The number of carbonyl (C=O) groups excluding carboxylic acids is 1. The first-order valence-corrected chi connectivity index (χ1v) is 8.33. The minimum Gasteiger partial charge on any atom is -0.374 e. The number of nitrogens with zero attached hydrogens (tertiary/aromatic N) is 1.